The second kappa shape index (κ2) is 55.4. The van der Waals surface area contributed by atoms with Crippen molar-refractivity contribution in [3.05, 3.63) is 48.6 Å². The number of esters is 1. The Kier molecular flexibility index (Phi) is 54.1. The number of unbranched alkanes of at least 4 members (excludes halogenated alkanes) is 34. The highest BCUT2D eigenvalue weighted by atomic mass is 31.2. The van der Waals surface area contributed by atoms with E-state index in [-0.39, 0.29) is 32.3 Å². The van der Waals surface area contributed by atoms with Gasteiger partial charge in [-0.15, -0.1) is 0 Å². The summed E-state index contributed by atoms with van der Waals surface area (Å²) in [4.78, 5) is 22.7. The largest absolute Gasteiger partial charge is 0.472 e. The van der Waals surface area contributed by atoms with E-state index >= 15 is 0 Å². The van der Waals surface area contributed by atoms with E-state index < -0.39 is 13.9 Å². The Labute approximate surface area is 415 Å². The molecule has 394 valence electrons. The van der Waals surface area contributed by atoms with Gasteiger partial charge in [-0.1, -0.05) is 268 Å². The molecule has 0 fully saturated rings. The fourth-order valence-corrected chi connectivity index (χ4v) is 9.11. The van der Waals surface area contributed by atoms with Gasteiger partial charge in [0.15, 0.2) is 0 Å². The van der Waals surface area contributed by atoms with Crippen molar-refractivity contribution in [2.24, 2.45) is 5.73 Å². The summed E-state index contributed by atoms with van der Waals surface area (Å²) in [5.74, 6) is -0.325. The molecular weight excluding hydrogens is 854 g/mol. The van der Waals surface area contributed by atoms with E-state index in [1.54, 1.807) is 0 Å². The monoisotopic (exact) mass is 964 g/mol. The molecule has 0 aromatic rings. The van der Waals surface area contributed by atoms with Gasteiger partial charge in [0.2, 0.25) is 0 Å². The third-order valence-electron chi connectivity index (χ3n) is 12.5. The van der Waals surface area contributed by atoms with Crippen molar-refractivity contribution in [2.45, 2.75) is 283 Å². The molecule has 2 unspecified atom stereocenters. The third kappa shape index (κ3) is 55.3. The van der Waals surface area contributed by atoms with Crippen LogP contribution in [0.4, 0.5) is 0 Å². The van der Waals surface area contributed by atoms with Gasteiger partial charge in [0, 0.05) is 19.6 Å². The van der Waals surface area contributed by atoms with Crippen molar-refractivity contribution in [1.29, 1.82) is 0 Å². The molecule has 0 aliphatic rings. The highest BCUT2D eigenvalue weighted by molar-refractivity contribution is 7.47. The molecule has 9 heteroatoms. The standard InChI is InChI=1S/C58H110NO7P/c1-3-5-7-9-11-13-15-17-19-21-23-25-27-28-29-30-32-34-36-38-40-42-44-46-48-50-53-63-55-57(56-65-67(61,62)64-54-52-59)66-58(60)51-49-47-45-43-41-39-37-35-33-31-26-24-22-20-18-16-14-12-10-8-6-4-2/h5,7,11,13,17,19,23,25,57H,3-4,6,8-10,12,14-16,18,20-22,24,26-56,59H2,1-2H3,(H,61,62)/b7-5-,13-11-,19-17-,25-23-. The van der Waals surface area contributed by atoms with Gasteiger partial charge < -0.3 is 20.1 Å². The highest BCUT2D eigenvalue weighted by Crippen LogP contribution is 2.43. The predicted octanol–water partition coefficient (Wildman–Crippen LogP) is 18.3. The lowest BCUT2D eigenvalue weighted by molar-refractivity contribution is -0.154. The Balaban J connectivity index is 3.86. The summed E-state index contributed by atoms with van der Waals surface area (Å²) in [6.45, 7) is 4.87. The second-order valence-electron chi connectivity index (χ2n) is 19.1. The van der Waals surface area contributed by atoms with Crippen LogP contribution in [0, 0.1) is 0 Å². The van der Waals surface area contributed by atoms with Crippen LogP contribution >= 0.6 is 7.82 Å². The number of hydrogen-bond acceptors (Lipinski definition) is 7. The van der Waals surface area contributed by atoms with E-state index in [0.29, 0.717) is 13.0 Å². The molecular formula is C58H110NO7P. The minimum atomic E-state index is -4.29. The number of allylic oxidation sites excluding steroid dienone is 8. The average Bonchev–Trinajstić information content (AvgIpc) is 3.32. The molecule has 0 aliphatic heterocycles. The zero-order valence-corrected chi connectivity index (χ0v) is 45.0. The van der Waals surface area contributed by atoms with Crippen molar-refractivity contribution < 1.29 is 32.8 Å². The topological polar surface area (TPSA) is 117 Å². The summed E-state index contributed by atoms with van der Waals surface area (Å²) in [6.07, 6.45) is 68.8. The van der Waals surface area contributed by atoms with Gasteiger partial charge in [0.25, 0.3) is 0 Å². The van der Waals surface area contributed by atoms with Gasteiger partial charge in [-0.25, -0.2) is 4.57 Å². The molecule has 0 saturated carbocycles. The van der Waals surface area contributed by atoms with Crippen LogP contribution < -0.4 is 5.73 Å². The smallest absolute Gasteiger partial charge is 0.457 e. The number of rotatable bonds is 55. The first-order valence-electron chi connectivity index (χ1n) is 28.6. The Morgan fingerprint density at radius 2 is 0.836 bits per heavy atom. The molecule has 0 bridgehead atoms. The molecule has 0 aliphatic carbocycles. The second-order valence-corrected chi connectivity index (χ2v) is 20.6. The maximum absolute atomic E-state index is 12.7. The van der Waals surface area contributed by atoms with Crippen molar-refractivity contribution in [2.75, 3.05) is 33.0 Å². The van der Waals surface area contributed by atoms with E-state index in [1.165, 1.54) is 199 Å². The lowest BCUT2D eigenvalue weighted by atomic mass is 10.0. The van der Waals surface area contributed by atoms with Crippen molar-refractivity contribution >= 4 is 13.8 Å². The quantitative estimate of drug-likeness (QED) is 0.0268. The maximum atomic E-state index is 12.7. The van der Waals surface area contributed by atoms with Gasteiger partial charge in [0.1, 0.15) is 6.10 Å². The maximum Gasteiger partial charge on any atom is 0.472 e. The van der Waals surface area contributed by atoms with Gasteiger partial charge in [-0.3, -0.25) is 13.8 Å². The Morgan fingerprint density at radius 1 is 0.463 bits per heavy atom. The molecule has 67 heavy (non-hydrogen) atoms. The number of hydrogen-bond donors (Lipinski definition) is 2. The van der Waals surface area contributed by atoms with Crippen LogP contribution in [-0.2, 0) is 27.9 Å². The van der Waals surface area contributed by atoms with E-state index in [9.17, 15) is 14.3 Å². The van der Waals surface area contributed by atoms with Gasteiger partial charge in [-0.05, 0) is 51.4 Å². The molecule has 0 saturated heterocycles. The minimum Gasteiger partial charge on any atom is -0.457 e. The number of carbonyl (C=O) groups is 1. The van der Waals surface area contributed by atoms with Gasteiger partial charge in [-0.2, -0.15) is 0 Å². The summed E-state index contributed by atoms with van der Waals surface area (Å²) >= 11 is 0. The fraction of sp³-hybridized carbons (Fsp3) is 0.845. The Morgan fingerprint density at radius 3 is 1.25 bits per heavy atom. The first kappa shape index (κ1) is 65.5. The minimum absolute atomic E-state index is 0.0944. The Bertz CT molecular complexity index is 1170. The number of phosphoric acid groups is 1. The number of carbonyl (C=O) groups excluding carboxylic acids is 1. The highest BCUT2D eigenvalue weighted by Gasteiger charge is 2.25. The molecule has 0 aromatic carbocycles. The van der Waals surface area contributed by atoms with Crippen molar-refractivity contribution in [3.63, 3.8) is 0 Å². The van der Waals surface area contributed by atoms with Crippen LogP contribution in [0.1, 0.15) is 277 Å². The van der Waals surface area contributed by atoms with Crippen LogP contribution in [0.25, 0.3) is 0 Å². The third-order valence-corrected chi connectivity index (χ3v) is 13.5. The molecule has 2 atom stereocenters. The van der Waals surface area contributed by atoms with E-state index in [4.69, 9.17) is 24.3 Å². The molecule has 0 aromatic heterocycles. The fourth-order valence-electron chi connectivity index (χ4n) is 8.34. The Hall–Kier alpha value is -1.54. The van der Waals surface area contributed by atoms with E-state index in [2.05, 4.69) is 62.5 Å². The number of ether oxygens (including phenoxy) is 2. The first-order chi connectivity index (χ1) is 32.9. The van der Waals surface area contributed by atoms with E-state index in [0.717, 1.165) is 57.8 Å². The summed E-state index contributed by atoms with van der Waals surface area (Å²) in [5.41, 5.74) is 5.40. The zero-order chi connectivity index (χ0) is 48.7. The van der Waals surface area contributed by atoms with Crippen LogP contribution in [-0.4, -0.2) is 49.9 Å². The van der Waals surface area contributed by atoms with Crippen LogP contribution in [0.5, 0.6) is 0 Å². The first-order valence-corrected chi connectivity index (χ1v) is 30.1. The lowest BCUT2D eigenvalue weighted by Crippen LogP contribution is -2.28. The average molecular weight is 964 g/mol. The number of phosphoric ester groups is 1. The van der Waals surface area contributed by atoms with E-state index in [1.807, 2.05) is 0 Å². The van der Waals surface area contributed by atoms with Gasteiger partial charge >= 0.3 is 13.8 Å². The van der Waals surface area contributed by atoms with Crippen molar-refractivity contribution in [1.82, 2.24) is 0 Å². The SMILES string of the molecule is CC/C=C\C/C=C\C/C=C\C/C=C\CCCCCCCCCCCCCCCOCC(COP(=O)(O)OCCN)OC(=O)CCCCCCCCCCCCCCCCCCCCCCCC. The normalized spacial score (nSPS) is 13.6. The summed E-state index contributed by atoms with van der Waals surface area (Å²) < 4.78 is 33.7. The molecule has 0 heterocycles. The zero-order valence-electron chi connectivity index (χ0n) is 44.1. The van der Waals surface area contributed by atoms with Gasteiger partial charge in [0.05, 0.1) is 19.8 Å². The van der Waals surface area contributed by atoms with Crippen molar-refractivity contribution in [3.8, 4) is 0 Å². The summed E-state index contributed by atoms with van der Waals surface area (Å²) in [7, 11) is -4.29. The summed E-state index contributed by atoms with van der Waals surface area (Å²) in [6, 6.07) is 0. The number of nitrogens with two attached hydrogens (primary N) is 1. The molecule has 3 N–H and O–H groups in total. The molecule has 0 rings (SSSR count). The van der Waals surface area contributed by atoms with Crippen LogP contribution in [0.2, 0.25) is 0 Å². The lowest BCUT2D eigenvalue weighted by Gasteiger charge is -2.20. The molecule has 0 radical (unpaired) electrons. The molecule has 0 amide bonds. The van der Waals surface area contributed by atoms with Crippen LogP contribution in [0.15, 0.2) is 48.6 Å². The molecule has 0 spiro atoms. The summed E-state index contributed by atoms with van der Waals surface area (Å²) in [5, 5.41) is 0. The predicted molar refractivity (Wildman–Crippen MR) is 289 cm³/mol. The molecule has 8 nitrogen and oxygen atoms in total. The van der Waals surface area contributed by atoms with Crippen LogP contribution in [0.3, 0.4) is 0 Å².